The van der Waals surface area contributed by atoms with Gasteiger partial charge in [0.15, 0.2) is 0 Å². The van der Waals surface area contributed by atoms with Crippen LogP contribution in [0.15, 0.2) is 222 Å². The lowest BCUT2D eigenvalue weighted by Crippen LogP contribution is -2.10. The number of furan rings is 1. The van der Waals surface area contributed by atoms with E-state index in [9.17, 15) is 12.3 Å². The smallest absolute Gasteiger partial charge is 0.135 e. The molecule has 276 valence electrons. The highest BCUT2D eigenvalue weighted by atomic mass is 16.3. The molecule has 0 amide bonds. The van der Waals surface area contributed by atoms with Crippen LogP contribution in [0.25, 0.3) is 93.2 Å². The van der Waals surface area contributed by atoms with Crippen LogP contribution in [0.2, 0.25) is 0 Å². The van der Waals surface area contributed by atoms with Gasteiger partial charge in [-0.05, 0) is 111 Å². The zero-order valence-corrected chi connectivity index (χ0v) is 30.5. The molecule has 0 atom stereocenters. The third kappa shape index (κ3) is 5.44. The van der Waals surface area contributed by atoms with Crippen LogP contribution in [-0.4, -0.2) is 4.57 Å². The summed E-state index contributed by atoms with van der Waals surface area (Å²) in [6.07, 6.45) is 0. The Morgan fingerprint density at radius 1 is 0.424 bits per heavy atom. The molecule has 0 radical (unpaired) electrons. The Hall–Kier alpha value is -7.88. The molecule has 2 aromatic heterocycles. The summed E-state index contributed by atoms with van der Waals surface area (Å²) in [4.78, 5) is 1.56. The Morgan fingerprint density at radius 2 is 1.05 bits per heavy atom. The molecule has 0 aliphatic heterocycles. The Balaban J connectivity index is 1.35. The maximum Gasteiger partial charge on any atom is 0.135 e. The minimum Gasteiger partial charge on any atom is -0.456 e. The molecule has 2 heterocycles. The van der Waals surface area contributed by atoms with E-state index in [-0.39, 0.29) is 5.69 Å². The zero-order chi connectivity index (χ0) is 56.3. The number of aromatic nitrogens is 1. The lowest BCUT2D eigenvalue weighted by molar-refractivity contribution is 0.669. The van der Waals surface area contributed by atoms with Crippen LogP contribution >= 0.6 is 0 Å². The molecule has 12 rings (SSSR count). The van der Waals surface area contributed by atoms with Crippen LogP contribution in [0.4, 0.5) is 17.1 Å². The first kappa shape index (κ1) is 19.0. The molecule has 0 saturated carbocycles. The number of benzene rings is 10. The SMILES string of the molecule is [2H]c1c([2H])c([2H])c(-c2c([2H])c(-c3c([2H])c([2H])c([2H])c([2H])c3[2H])c3c(c2[2H])c2c([2H])c([2H])c(N(c4ccc5ccc6ccccc6c5c4)c4ccc5oc6ccccc6c5c4)c([2H])c2n3-c2c([2H])c([2H])c([2H])c([2H])c2[2H])c([2H])c1[2H]. The van der Waals surface area contributed by atoms with Gasteiger partial charge in [0.25, 0.3) is 0 Å². The van der Waals surface area contributed by atoms with Gasteiger partial charge in [-0.3, -0.25) is 0 Å². The fourth-order valence-electron chi connectivity index (χ4n) is 7.91. The summed E-state index contributed by atoms with van der Waals surface area (Å²) >= 11 is 0. The van der Waals surface area contributed by atoms with Gasteiger partial charge in [0, 0.05) is 49.9 Å². The maximum absolute atomic E-state index is 10.6. The lowest BCUT2D eigenvalue weighted by Gasteiger charge is -2.26. The molecule has 3 nitrogen and oxygen atoms in total. The van der Waals surface area contributed by atoms with E-state index >= 15 is 0 Å². The normalized spacial score (nSPS) is 16.5. The summed E-state index contributed by atoms with van der Waals surface area (Å²) in [5.74, 6) is 0. The van der Waals surface area contributed by atoms with Crippen LogP contribution in [0.5, 0.6) is 0 Å². The second kappa shape index (κ2) is 13.4. The van der Waals surface area contributed by atoms with E-state index in [4.69, 9.17) is 19.5 Å². The second-order valence-corrected chi connectivity index (χ2v) is 13.8. The quantitative estimate of drug-likeness (QED) is 0.157. The molecular weight excluding hydrogens is 717 g/mol. The molecule has 0 spiro atoms. The third-order valence-corrected chi connectivity index (χ3v) is 10.5. The molecule has 0 saturated heterocycles. The predicted octanol–water partition coefficient (Wildman–Crippen LogP) is 15.8. The van der Waals surface area contributed by atoms with Crippen LogP contribution in [-0.2, 0) is 0 Å². The van der Waals surface area contributed by atoms with Gasteiger partial charge in [-0.15, -0.1) is 0 Å². The van der Waals surface area contributed by atoms with Gasteiger partial charge in [-0.2, -0.15) is 0 Å². The molecule has 0 aliphatic rings. The fraction of sp³-hybridized carbons (Fsp3) is 0. The van der Waals surface area contributed by atoms with Crippen molar-refractivity contribution in [1.29, 1.82) is 0 Å². The molecule has 0 aliphatic carbocycles. The van der Waals surface area contributed by atoms with Crippen molar-refractivity contribution in [2.24, 2.45) is 0 Å². The van der Waals surface area contributed by atoms with E-state index in [1.54, 1.807) is 35.2 Å². The zero-order valence-electron chi connectivity index (χ0n) is 50.5. The van der Waals surface area contributed by atoms with E-state index in [0.717, 1.165) is 31.5 Å². The number of hydrogen-bond donors (Lipinski definition) is 0. The van der Waals surface area contributed by atoms with Crippen molar-refractivity contribution in [2.45, 2.75) is 0 Å². The average Bonchev–Trinajstić information content (AvgIpc) is 3.86. The van der Waals surface area contributed by atoms with Crippen molar-refractivity contribution in [1.82, 2.24) is 4.57 Å². The predicted molar refractivity (Wildman–Crippen MR) is 249 cm³/mol. The average molecular weight is 773 g/mol. The Kier molecular flexibility index (Phi) is 4.31. The van der Waals surface area contributed by atoms with Gasteiger partial charge in [-0.1, -0.05) is 145 Å². The van der Waals surface area contributed by atoms with E-state index < -0.39 is 171 Å². The highest BCUT2D eigenvalue weighted by molar-refractivity contribution is 6.16. The Labute approximate surface area is 369 Å². The number of anilines is 3. The summed E-state index contributed by atoms with van der Waals surface area (Å²) in [6.45, 7) is 0. The number of rotatable bonds is 6. The second-order valence-electron chi connectivity index (χ2n) is 13.8. The minimum atomic E-state index is -0.957. The Bertz CT molecular complexity index is 4670. The van der Waals surface area contributed by atoms with E-state index in [1.165, 1.54) is 0 Å². The van der Waals surface area contributed by atoms with E-state index in [2.05, 4.69) is 0 Å². The molecule has 0 fully saturated rings. The molecule has 12 aromatic rings. The molecule has 0 N–H and O–H groups in total. The number of fused-ring (bicyclic) bond motifs is 9. The first-order valence-corrected chi connectivity index (χ1v) is 18.5. The summed E-state index contributed by atoms with van der Waals surface area (Å²) in [6, 6.07) is 12.3. The van der Waals surface area contributed by atoms with Crippen LogP contribution < -0.4 is 4.90 Å². The molecule has 0 unspecified atom stereocenters. The van der Waals surface area contributed by atoms with Gasteiger partial charge in [0.2, 0.25) is 0 Å². The standard InChI is InChI=1S/C56H36N2O/c1-4-14-37(15-5-1)41-32-50(38-16-6-2-7-17-38)56-52(33-41)47-30-28-45(36-53(47)58(56)42-19-8-3-9-20-42)57(44-29-31-55-51(35-44)48-22-12-13-23-54(48)59-55)43-27-26-40-25-24-39-18-10-11-21-46(39)49(40)34-43/h1-36H/i1D,2D,3D,4D,5D,6D,7D,8D,9D,14D,15D,16D,17D,19D,20D,28D,30D,32D,33D,36D. The molecule has 10 aromatic carbocycles. The first-order valence-electron chi connectivity index (χ1n) is 28.5. The summed E-state index contributed by atoms with van der Waals surface area (Å²) < 4.78 is 192. The van der Waals surface area contributed by atoms with Crippen molar-refractivity contribution in [3.63, 3.8) is 0 Å². The Morgan fingerprint density at radius 3 is 1.85 bits per heavy atom. The minimum absolute atomic E-state index is 0.312. The monoisotopic (exact) mass is 772 g/mol. The number of hydrogen-bond acceptors (Lipinski definition) is 2. The van der Waals surface area contributed by atoms with E-state index in [1.807, 2.05) is 66.7 Å². The van der Waals surface area contributed by atoms with Crippen molar-refractivity contribution in [3.8, 4) is 27.9 Å². The van der Waals surface area contributed by atoms with Crippen molar-refractivity contribution >= 4 is 82.4 Å². The van der Waals surface area contributed by atoms with Gasteiger partial charge in [0.1, 0.15) is 11.2 Å². The number of nitrogens with zero attached hydrogens (tertiary/aromatic N) is 2. The third-order valence-electron chi connectivity index (χ3n) is 10.5. The van der Waals surface area contributed by atoms with Gasteiger partial charge in [-0.25, -0.2) is 0 Å². The summed E-state index contributed by atoms with van der Waals surface area (Å²) in [5, 5.41) is 3.68. The van der Waals surface area contributed by atoms with Crippen molar-refractivity contribution in [2.75, 3.05) is 4.90 Å². The van der Waals surface area contributed by atoms with E-state index in [0.29, 0.717) is 27.9 Å². The van der Waals surface area contributed by atoms with Crippen molar-refractivity contribution < 1.29 is 31.8 Å². The largest absolute Gasteiger partial charge is 0.456 e. The topological polar surface area (TPSA) is 21.3 Å². The summed E-state index contributed by atoms with van der Waals surface area (Å²) in [7, 11) is 0. The van der Waals surface area contributed by atoms with Gasteiger partial charge >= 0.3 is 0 Å². The maximum atomic E-state index is 10.6. The van der Waals surface area contributed by atoms with Gasteiger partial charge in [0.05, 0.1) is 38.4 Å². The molecular formula is C56H36N2O. The highest BCUT2D eigenvalue weighted by Crippen LogP contribution is 2.45. The molecule has 0 bridgehead atoms. The first-order chi connectivity index (χ1) is 37.6. The van der Waals surface area contributed by atoms with Crippen LogP contribution in [0.1, 0.15) is 27.4 Å². The van der Waals surface area contributed by atoms with Crippen LogP contribution in [0, 0.1) is 0 Å². The van der Waals surface area contributed by atoms with Crippen molar-refractivity contribution in [3.05, 3.63) is 218 Å². The molecule has 3 heteroatoms. The molecule has 59 heavy (non-hydrogen) atoms. The van der Waals surface area contributed by atoms with Crippen LogP contribution in [0.3, 0.4) is 0 Å². The fourth-order valence-corrected chi connectivity index (χ4v) is 7.91. The summed E-state index contributed by atoms with van der Waals surface area (Å²) in [5.41, 5.74) is -3.29. The number of para-hydroxylation sites is 2. The highest BCUT2D eigenvalue weighted by Gasteiger charge is 2.22. The van der Waals surface area contributed by atoms with Gasteiger partial charge < -0.3 is 13.9 Å². The lowest BCUT2D eigenvalue weighted by atomic mass is 9.95.